The Hall–Kier alpha value is -1.23. The molecule has 0 bridgehead atoms. The Morgan fingerprint density at radius 2 is 1.94 bits per heavy atom. The van der Waals surface area contributed by atoms with E-state index in [0.717, 1.165) is 13.2 Å². The van der Waals surface area contributed by atoms with Crippen molar-refractivity contribution in [3.63, 3.8) is 0 Å². The van der Waals surface area contributed by atoms with Gasteiger partial charge in [0.1, 0.15) is 30.2 Å². The summed E-state index contributed by atoms with van der Waals surface area (Å²) in [4.78, 5) is 22.7. The van der Waals surface area contributed by atoms with E-state index in [4.69, 9.17) is 24.3 Å². The number of aliphatic hydroxyl groups is 3. The number of hydrogen-bond donors (Lipinski definition) is 6. The molecule has 1 amide bonds. The van der Waals surface area contributed by atoms with Gasteiger partial charge in [0.25, 0.3) is 5.91 Å². The molecule has 200 valence electrons. The molecule has 2 fully saturated rings. The first kappa shape index (κ1) is 28.3. The molecule has 35 heavy (non-hydrogen) atoms. The van der Waals surface area contributed by atoms with Gasteiger partial charge >= 0.3 is 15.6 Å². The normalized spacial score (nSPS) is 39.2. The van der Waals surface area contributed by atoms with Crippen LogP contribution in [0.4, 0.5) is 0 Å². The van der Waals surface area contributed by atoms with E-state index in [2.05, 4.69) is 20.7 Å². The van der Waals surface area contributed by atoms with Crippen molar-refractivity contribution in [2.24, 2.45) is 5.73 Å². The highest BCUT2D eigenvalue weighted by Crippen LogP contribution is 2.64. The molecule has 0 radical (unpaired) electrons. The number of rotatable bonds is 9. The van der Waals surface area contributed by atoms with Crippen LogP contribution in [-0.2, 0) is 41.3 Å². The summed E-state index contributed by atoms with van der Waals surface area (Å²) in [5.74, 6) is -0.393. The first-order valence-corrected chi connectivity index (χ1v) is 13.3. The zero-order chi connectivity index (χ0) is 26.1. The van der Waals surface area contributed by atoms with Gasteiger partial charge in [-0.3, -0.25) is 18.4 Å². The molecule has 16 nitrogen and oxygen atoms in total. The minimum Gasteiger partial charge on any atom is -0.387 e. The summed E-state index contributed by atoms with van der Waals surface area (Å²) in [6, 6.07) is -0.786. The van der Waals surface area contributed by atoms with Gasteiger partial charge in [0.15, 0.2) is 12.5 Å². The topological polar surface area (TPSA) is 229 Å². The standard InChI is InChI=1S/C17H29N3O13P2/c1-8-6-10(18)13(22)17(30-8)32-35(27,28-3)33-34(25,26)29-7-11-14(23)15(24)16(31-11)20-5-4-12(21)19-9(20)2/h4-5,8,10-11,13-17,22-24H,2,6-7,18H2,1,3H3,(H,19,21)(H,25,26)/t8?,10-,11+,13?,14?,15-,16+,17-,35?/m0/s1. The molecule has 0 spiro atoms. The number of phosphoric acid groups is 2. The van der Waals surface area contributed by atoms with Crippen LogP contribution in [0.25, 0.3) is 0 Å². The number of hydrogen-bond acceptors (Lipinski definition) is 14. The number of carbonyl (C=O) groups is 1. The number of nitrogens with zero attached hydrogens (tertiary/aromatic N) is 1. The minimum absolute atomic E-state index is 0.0609. The van der Waals surface area contributed by atoms with Crippen LogP contribution in [0.1, 0.15) is 13.3 Å². The van der Waals surface area contributed by atoms with Crippen LogP contribution in [0, 0.1) is 0 Å². The predicted molar refractivity (Wildman–Crippen MR) is 114 cm³/mol. The van der Waals surface area contributed by atoms with Crippen molar-refractivity contribution >= 4 is 21.6 Å². The molecule has 3 aliphatic heterocycles. The number of nitrogens with two attached hydrogens (primary N) is 1. The third-order valence-corrected chi connectivity index (χ3v) is 8.34. The fourth-order valence-corrected chi connectivity index (χ4v) is 6.01. The first-order chi connectivity index (χ1) is 16.2. The molecule has 3 rings (SSSR count). The van der Waals surface area contributed by atoms with E-state index in [9.17, 15) is 34.1 Å². The van der Waals surface area contributed by atoms with Crippen LogP contribution >= 0.6 is 15.6 Å². The van der Waals surface area contributed by atoms with Gasteiger partial charge in [-0.1, -0.05) is 6.58 Å². The lowest BCUT2D eigenvalue weighted by Crippen LogP contribution is -2.52. The van der Waals surface area contributed by atoms with Crippen LogP contribution in [0.2, 0.25) is 0 Å². The summed E-state index contributed by atoms with van der Waals surface area (Å²) in [5, 5.41) is 33.1. The minimum atomic E-state index is -5.18. The van der Waals surface area contributed by atoms with Crippen molar-refractivity contribution in [2.45, 2.75) is 62.4 Å². The zero-order valence-electron chi connectivity index (χ0n) is 18.8. The van der Waals surface area contributed by atoms with Crippen LogP contribution in [0.15, 0.2) is 24.7 Å². The SMILES string of the molecule is C=C1NC(=O)C=CN1[C@@H]1O[C@H](COP(=O)(O)OP(=O)(OC)O[C@@H]2OC(C)C[C@H](N)C2O)C(O)[C@@H]1O. The molecular weight excluding hydrogens is 516 g/mol. The lowest BCUT2D eigenvalue weighted by Gasteiger charge is -2.36. The van der Waals surface area contributed by atoms with Gasteiger partial charge in [0.2, 0.25) is 0 Å². The first-order valence-electron chi connectivity index (χ1n) is 10.3. The number of amides is 1. The maximum Gasteiger partial charge on any atom is 0.485 e. The van der Waals surface area contributed by atoms with Crippen molar-refractivity contribution in [3.05, 3.63) is 24.7 Å². The molecule has 0 saturated carbocycles. The quantitative estimate of drug-likeness (QED) is 0.183. The summed E-state index contributed by atoms with van der Waals surface area (Å²) in [5.41, 5.74) is 5.77. The Kier molecular flexibility index (Phi) is 8.93. The van der Waals surface area contributed by atoms with Gasteiger partial charge in [0, 0.05) is 25.4 Å². The molecule has 18 heteroatoms. The van der Waals surface area contributed by atoms with E-state index in [1.54, 1.807) is 6.92 Å². The Morgan fingerprint density at radius 1 is 1.26 bits per heavy atom. The van der Waals surface area contributed by atoms with E-state index in [-0.39, 0.29) is 12.2 Å². The molecule has 3 aliphatic rings. The molecule has 10 atom stereocenters. The summed E-state index contributed by atoms with van der Waals surface area (Å²) in [6.45, 7) is 4.44. The summed E-state index contributed by atoms with van der Waals surface area (Å²) < 4.78 is 55.0. The third kappa shape index (κ3) is 6.76. The fraction of sp³-hybridized carbons (Fsp3) is 0.706. The number of ether oxygens (including phenoxy) is 2. The molecule has 3 heterocycles. The Labute approximate surface area is 200 Å². The van der Waals surface area contributed by atoms with Gasteiger partial charge < -0.3 is 45.6 Å². The number of phosphoric ester groups is 2. The van der Waals surface area contributed by atoms with Gasteiger partial charge in [-0.05, 0) is 13.3 Å². The highest BCUT2D eigenvalue weighted by molar-refractivity contribution is 7.61. The monoisotopic (exact) mass is 545 g/mol. The van der Waals surface area contributed by atoms with Gasteiger partial charge in [-0.15, -0.1) is 0 Å². The second-order valence-corrected chi connectivity index (χ2v) is 11.3. The van der Waals surface area contributed by atoms with Crippen molar-refractivity contribution in [2.75, 3.05) is 13.7 Å². The number of nitrogens with one attached hydrogen (secondary N) is 1. The van der Waals surface area contributed by atoms with Gasteiger partial charge in [-0.25, -0.2) is 9.13 Å². The Bertz CT molecular complexity index is 935. The molecule has 7 N–H and O–H groups in total. The van der Waals surface area contributed by atoms with Crippen molar-refractivity contribution < 1.29 is 61.5 Å². The number of carbonyl (C=O) groups excluding carboxylic acids is 1. The molecular formula is C17H29N3O13P2. The highest BCUT2D eigenvalue weighted by Gasteiger charge is 2.49. The second-order valence-electron chi connectivity index (χ2n) is 7.99. The van der Waals surface area contributed by atoms with Crippen LogP contribution in [-0.4, -0.2) is 93.8 Å². The van der Waals surface area contributed by atoms with Crippen molar-refractivity contribution in [3.8, 4) is 0 Å². The molecule has 0 aliphatic carbocycles. The maximum absolute atomic E-state index is 12.8. The van der Waals surface area contributed by atoms with Gasteiger partial charge in [-0.2, -0.15) is 4.31 Å². The lowest BCUT2D eigenvalue weighted by atomic mass is 10.0. The molecule has 0 aromatic rings. The largest absolute Gasteiger partial charge is 0.485 e. The predicted octanol–water partition coefficient (Wildman–Crippen LogP) is -1.42. The van der Waals surface area contributed by atoms with E-state index < -0.39 is 77.2 Å². The molecule has 5 unspecified atom stereocenters. The van der Waals surface area contributed by atoms with Crippen molar-refractivity contribution in [1.82, 2.24) is 10.2 Å². The van der Waals surface area contributed by atoms with Crippen LogP contribution in [0.3, 0.4) is 0 Å². The lowest BCUT2D eigenvalue weighted by molar-refractivity contribution is -0.209. The fourth-order valence-electron chi connectivity index (χ4n) is 3.54. The van der Waals surface area contributed by atoms with Crippen molar-refractivity contribution in [1.29, 1.82) is 0 Å². The summed E-state index contributed by atoms with van der Waals surface area (Å²) >= 11 is 0. The molecule has 0 aromatic carbocycles. The molecule has 2 saturated heterocycles. The van der Waals surface area contributed by atoms with E-state index >= 15 is 0 Å². The zero-order valence-corrected chi connectivity index (χ0v) is 20.6. The average Bonchev–Trinajstić information content (AvgIpc) is 3.04. The number of aliphatic hydroxyl groups excluding tert-OH is 3. The van der Waals surface area contributed by atoms with Crippen LogP contribution < -0.4 is 11.1 Å². The van der Waals surface area contributed by atoms with Crippen LogP contribution in [0.5, 0.6) is 0 Å². The summed E-state index contributed by atoms with van der Waals surface area (Å²) in [6.07, 6.45) is -6.48. The Morgan fingerprint density at radius 3 is 2.57 bits per heavy atom. The highest BCUT2D eigenvalue weighted by atomic mass is 31.3. The maximum atomic E-state index is 12.8. The third-order valence-electron chi connectivity index (χ3n) is 5.33. The van der Waals surface area contributed by atoms with Gasteiger partial charge in [0.05, 0.1) is 12.7 Å². The Balaban J connectivity index is 1.60. The van der Waals surface area contributed by atoms with E-state index in [0.29, 0.717) is 0 Å². The smallest absolute Gasteiger partial charge is 0.387 e. The van der Waals surface area contributed by atoms with E-state index in [1.165, 1.54) is 11.1 Å². The molecule has 0 aromatic heterocycles. The average molecular weight is 545 g/mol. The van der Waals surface area contributed by atoms with E-state index in [1.807, 2.05) is 0 Å². The second kappa shape index (κ2) is 11.0. The summed E-state index contributed by atoms with van der Waals surface area (Å²) in [7, 11) is -9.13.